The summed E-state index contributed by atoms with van der Waals surface area (Å²) >= 11 is 1.35. The zero-order chi connectivity index (χ0) is 29.1. The minimum absolute atomic E-state index is 0.155. The minimum Gasteiger partial charge on any atom is -0.493 e. The zero-order valence-electron chi connectivity index (χ0n) is 23.1. The average molecular weight is 583 g/mol. The molecule has 0 aromatic heterocycles. The molecule has 2 atom stereocenters. The van der Waals surface area contributed by atoms with E-state index in [0.29, 0.717) is 44.7 Å². The number of nitrogens with zero attached hydrogens (tertiary/aromatic N) is 1. The monoisotopic (exact) mass is 582 g/mol. The summed E-state index contributed by atoms with van der Waals surface area (Å²) in [6.45, 7) is 5.50. The fourth-order valence-corrected chi connectivity index (χ4v) is 6.00. The molecule has 216 valence electrons. The molecule has 0 radical (unpaired) electrons. The number of carbonyl (C=O) groups is 3. The van der Waals surface area contributed by atoms with Gasteiger partial charge in [0.25, 0.3) is 5.91 Å². The van der Waals surface area contributed by atoms with Gasteiger partial charge in [0.15, 0.2) is 35.1 Å². The number of carbonyl (C=O) groups excluding carboxylic acids is 3. The van der Waals surface area contributed by atoms with Crippen molar-refractivity contribution in [2.24, 2.45) is 0 Å². The second-order valence-corrected chi connectivity index (χ2v) is 10.2. The van der Waals surface area contributed by atoms with Crippen LogP contribution in [0.15, 0.2) is 52.6 Å². The summed E-state index contributed by atoms with van der Waals surface area (Å²) in [6, 6.07) is 9.76. The van der Waals surface area contributed by atoms with Crippen LogP contribution in [0.1, 0.15) is 37.9 Å². The van der Waals surface area contributed by atoms with Crippen molar-refractivity contribution in [3.63, 3.8) is 0 Å². The van der Waals surface area contributed by atoms with E-state index in [2.05, 4.69) is 5.32 Å². The Hall–Kier alpha value is -4.32. The second-order valence-electron chi connectivity index (χ2n) is 9.11. The Bertz CT molecular complexity index is 1440. The van der Waals surface area contributed by atoms with Gasteiger partial charge in [-0.05, 0) is 62.2 Å². The van der Waals surface area contributed by atoms with Crippen LogP contribution in [0.2, 0.25) is 0 Å². The summed E-state index contributed by atoms with van der Waals surface area (Å²) in [4.78, 5) is 41.0. The van der Waals surface area contributed by atoms with Crippen molar-refractivity contribution in [1.82, 2.24) is 10.2 Å². The first-order valence-corrected chi connectivity index (χ1v) is 13.9. The molecule has 0 bridgehead atoms. The van der Waals surface area contributed by atoms with Gasteiger partial charge in [-0.1, -0.05) is 23.9 Å². The Morgan fingerprint density at radius 3 is 2.61 bits per heavy atom. The number of amides is 1. The first kappa shape index (κ1) is 28.2. The maximum absolute atomic E-state index is 13.9. The molecule has 1 saturated heterocycles. The van der Waals surface area contributed by atoms with Gasteiger partial charge in [-0.15, -0.1) is 0 Å². The predicted molar refractivity (Wildman–Crippen MR) is 149 cm³/mol. The fourth-order valence-electron chi connectivity index (χ4n) is 4.78. The van der Waals surface area contributed by atoms with Gasteiger partial charge >= 0.3 is 11.9 Å². The zero-order valence-corrected chi connectivity index (χ0v) is 23.9. The molecule has 41 heavy (non-hydrogen) atoms. The SMILES string of the molecule is CCOC(=O)COc1ccc([C@@H]2C(C(=O)OCC)=C(C)N[C@H]3S/C(=C\c4ccc5c(c4)OCO5)C(=O)N32)cc1OC. The Kier molecular flexibility index (Phi) is 8.29. The summed E-state index contributed by atoms with van der Waals surface area (Å²) in [5.74, 6) is 0.614. The molecule has 0 unspecified atom stereocenters. The van der Waals surface area contributed by atoms with Crippen LogP contribution in [0.5, 0.6) is 23.0 Å². The van der Waals surface area contributed by atoms with Crippen LogP contribution in [-0.2, 0) is 23.9 Å². The molecule has 2 aromatic carbocycles. The van der Waals surface area contributed by atoms with Crippen LogP contribution in [0.3, 0.4) is 0 Å². The van der Waals surface area contributed by atoms with Gasteiger partial charge < -0.3 is 33.7 Å². The molecule has 1 N–H and O–H groups in total. The molecule has 0 spiro atoms. The minimum atomic E-state index is -0.782. The van der Waals surface area contributed by atoms with Gasteiger partial charge in [0.05, 0.1) is 36.8 Å². The number of methoxy groups -OCH3 is 1. The Morgan fingerprint density at radius 2 is 1.85 bits per heavy atom. The van der Waals surface area contributed by atoms with Crippen molar-refractivity contribution >= 4 is 35.7 Å². The Labute approximate surface area is 241 Å². The van der Waals surface area contributed by atoms with Crippen LogP contribution in [0.25, 0.3) is 6.08 Å². The van der Waals surface area contributed by atoms with E-state index in [-0.39, 0.29) is 32.5 Å². The van der Waals surface area contributed by atoms with Crippen molar-refractivity contribution in [3.05, 3.63) is 63.7 Å². The third kappa shape index (κ3) is 5.64. The summed E-state index contributed by atoms with van der Waals surface area (Å²) in [5.41, 5.74) is 1.82. The second kappa shape index (κ2) is 12.0. The number of hydrogen-bond donors (Lipinski definition) is 1. The third-order valence-corrected chi connectivity index (χ3v) is 7.69. The van der Waals surface area contributed by atoms with Crippen LogP contribution in [0.4, 0.5) is 0 Å². The summed E-state index contributed by atoms with van der Waals surface area (Å²) < 4.78 is 32.4. The lowest BCUT2D eigenvalue weighted by Crippen LogP contribution is -2.50. The lowest BCUT2D eigenvalue weighted by atomic mass is 9.93. The lowest BCUT2D eigenvalue weighted by molar-refractivity contribution is -0.145. The number of allylic oxidation sites excluding steroid dienone is 1. The summed E-state index contributed by atoms with van der Waals surface area (Å²) in [7, 11) is 1.47. The number of nitrogens with one attached hydrogen (secondary N) is 1. The molecule has 3 heterocycles. The number of hydrogen-bond acceptors (Lipinski definition) is 11. The molecule has 0 saturated carbocycles. The third-order valence-electron chi connectivity index (χ3n) is 6.58. The van der Waals surface area contributed by atoms with E-state index < -0.39 is 23.5 Å². The molecule has 3 aliphatic rings. The normalized spacial score (nSPS) is 20.0. The number of ether oxygens (including phenoxy) is 6. The van der Waals surface area contributed by atoms with E-state index >= 15 is 0 Å². The quantitative estimate of drug-likeness (QED) is 0.344. The van der Waals surface area contributed by atoms with E-state index in [1.807, 2.05) is 12.1 Å². The highest BCUT2D eigenvalue weighted by Gasteiger charge is 2.48. The van der Waals surface area contributed by atoms with Crippen LogP contribution >= 0.6 is 11.8 Å². The van der Waals surface area contributed by atoms with Gasteiger partial charge in [-0.25, -0.2) is 9.59 Å². The highest BCUT2D eigenvalue weighted by atomic mass is 32.2. The van der Waals surface area contributed by atoms with Crippen LogP contribution < -0.4 is 24.3 Å². The number of rotatable bonds is 9. The first-order valence-electron chi connectivity index (χ1n) is 13.1. The van der Waals surface area contributed by atoms with E-state index in [0.717, 1.165) is 5.56 Å². The van der Waals surface area contributed by atoms with Gasteiger partial charge in [0, 0.05) is 5.70 Å². The van der Waals surface area contributed by atoms with Crippen molar-refractivity contribution < 1.29 is 42.8 Å². The first-order chi connectivity index (χ1) is 19.8. The largest absolute Gasteiger partial charge is 0.493 e. The topological polar surface area (TPSA) is 122 Å². The highest BCUT2D eigenvalue weighted by Crippen LogP contribution is 2.48. The van der Waals surface area contributed by atoms with Crippen molar-refractivity contribution in [2.45, 2.75) is 32.3 Å². The Morgan fingerprint density at radius 1 is 1.07 bits per heavy atom. The summed E-state index contributed by atoms with van der Waals surface area (Å²) in [6.07, 6.45) is 1.79. The van der Waals surface area contributed by atoms with Crippen LogP contribution in [-0.4, -0.2) is 62.0 Å². The standard InChI is InChI=1S/C29H30N2O9S/c1-5-36-24(32)14-38-19-10-8-18(13-21(19)35-4)26-25(28(34)37-6-2)16(3)30-29-31(26)27(33)23(41-29)12-17-7-9-20-22(11-17)40-15-39-20/h7-13,26,29-30H,5-6,14-15H2,1-4H3/b23-12-/t26-,29-/m1/s1. The fraction of sp³-hybridized carbons (Fsp3) is 0.345. The maximum Gasteiger partial charge on any atom is 0.344 e. The van der Waals surface area contributed by atoms with Gasteiger partial charge in [-0.2, -0.15) is 0 Å². The average Bonchev–Trinajstić information content (AvgIpc) is 3.55. The molecule has 5 rings (SSSR count). The van der Waals surface area contributed by atoms with E-state index in [1.165, 1.54) is 18.9 Å². The maximum atomic E-state index is 13.9. The van der Waals surface area contributed by atoms with Gasteiger partial charge in [0.1, 0.15) is 0 Å². The molecule has 3 aliphatic heterocycles. The van der Waals surface area contributed by atoms with Crippen molar-refractivity contribution in [2.75, 3.05) is 33.7 Å². The molecule has 1 amide bonds. The van der Waals surface area contributed by atoms with E-state index in [9.17, 15) is 14.4 Å². The van der Waals surface area contributed by atoms with Crippen molar-refractivity contribution in [1.29, 1.82) is 0 Å². The molecular weight excluding hydrogens is 552 g/mol. The smallest absolute Gasteiger partial charge is 0.344 e. The highest BCUT2D eigenvalue weighted by molar-refractivity contribution is 8.05. The predicted octanol–water partition coefficient (Wildman–Crippen LogP) is 3.75. The molecule has 12 heteroatoms. The molecule has 2 aromatic rings. The number of thioether (sulfide) groups is 1. The Balaban J connectivity index is 1.51. The van der Waals surface area contributed by atoms with Gasteiger partial charge in [0.2, 0.25) is 6.79 Å². The number of esters is 2. The van der Waals surface area contributed by atoms with E-state index in [4.69, 9.17) is 28.4 Å². The molecule has 0 aliphatic carbocycles. The molecular formula is C29H30N2O9S. The number of fused-ring (bicyclic) bond motifs is 2. The molecule has 1 fully saturated rings. The lowest BCUT2D eigenvalue weighted by Gasteiger charge is -2.39. The van der Waals surface area contributed by atoms with Crippen molar-refractivity contribution in [3.8, 4) is 23.0 Å². The van der Waals surface area contributed by atoms with E-state index in [1.54, 1.807) is 56.0 Å². The number of benzene rings is 2. The van der Waals surface area contributed by atoms with Crippen LogP contribution in [0, 0.1) is 0 Å². The molecule has 11 nitrogen and oxygen atoms in total. The van der Waals surface area contributed by atoms with Gasteiger partial charge in [-0.3, -0.25) is 9.69 Å². The summed E-state index contributed by atoms with van der Waals surface area (Å²) in [5, 5.41) is 3.29.